The van der Waals surface area contributed by atoms with Gasteiger partial charge in [0.2, 0.25) is 5.91 Å². The van der Waals surface area contributed by atoms with Gasteiger partial charge in [0.25, 0.3) is 0 Å². The minimum absolute atomic E-state index is 0.208. The van der Waals surface area contributed by atoms with Crippen LogP contribution in [0, 0.1) is 11.3 Å². The van der Waals surface area contributed by atoms with Gasteiger partial charge in [-0.3, -0.25) is 4.79 Å². The number of nitrogens with one attached hydrogen (secondary N) is 1. The number of methoxy groups -OCH3 is 1. The number of para-hydroxylation sites is 1. The fourth-order valence-corrected chi connectivity index (χ4v) is 4.05. The number of nitrogens with zero attached hydrogens (tertiary/aromatic N) is 2. The zero-order chi connectivity index (χ0) is 19.9. The summed E-state index contributed by atoms with van der Waals surface area (Å²) in [4.78, 5) is 28.7. The molecule has 1 amide bonds. The van der Waals surface area contributed by atoms with Crippen LogP contribution in [0.4, 0.5) is 5.69 Å². The third-order valence-corrected chi connectivity index (χ3v) is 5.55. The predicted octanol–water partition coefficient (Wildman–Crippen LogP) is 3.74. The maximum absolute atomic E-state index is 12.3. The molecule has 0 aliphatic heterocycles. The van der Waals surface area contributed by atoms with Crippen LogP contribution in [0.5, 0.6) is 0 Å². The Balaban J connectivity index is 1.61. The van der Waals surface area contributed by atoms with Crippen molar-refractivity contribution < 1.29 is 14.3 Å². The second-order valence-electron chi connectivity index (χ2n) is 6.45. The lowest BCUT2D eigenvalue weighted by molar-refractivity contribution is -0.115. The molecule has 1 aromatic heterocycles. The number of hydrogen-bond donors (Lipinski definition) is 1. The van der Waals surface area contributed by atoms with E-state index in [1.165, 1.54) is 24.4 Å². The van der Waals surface area contributed by atoms with Crippen molar-refractivity contribution in [3.8, 4) is 6.07 Å². The van der Waals surface area contributed by atoms with Crippen molar-refractivity contribution in [1.29, 1.82) is 5.26 Å². The molecule has 2 aromatic rings. The number of carbonyl (C=O) groups is 2. The molecule has 0 fully saturated rings. The Morgan fingerprint density at radius 1 is 1.29 bits per heavy atom. The minimum atomic E-state index is -0.498. The molecule has 0 saturated carbocycles. The highest BCUT2D eigenvalue weighted by atomic mass is 32.2. The first kappa shape index (κ1) is 19.9. The van der Waals surface area contributed by atoms with Gasteiger partial charge in [-0.05, 0) is 49.4 Å². The van der Waals surface area contributed by atoms with Crippen LogP contribution in [0.1, 0.15) is 46.4 Å². The summed E-state index contributed by atoms with van der Waals surface area (Å²) in [6, 6.07) is 10.9. The van der Waals surface area contributed by atoms with Crippen molar-refractivity contribution in [2.45, 2.75) is 37.1 Å². The maximum atomic E-state index is 12.3. The van der Waals surface area contributed by atoms with Crippen LogP contribution in [-0.2, 0) is 22.4 Å². The van der Waals surface area contributed by atoms with E-state index in [0.717, 1.165) is 31.4 Å². The number of ether oxygens (including phenoxy) is 1. The van der Waals surface area contributed by atoms with Crippen LogP contribution in [-0.4, -0.2) is 29.7 Å². The fraction of sp³-hybridized carbons (Fsp3) is 0.333. The van der Waals surface area contributed by atoms with Gasteiger partial charge < -0.3 is 10.1 Å². The summed E-state index contributed by atoms with van der Waals surface area (Å²) in [5.74, 6) is -0.213. The number of nitriles is 1. The smallest absolute Gasteiger partial charge is 0.339 e. The number of aromatic nitrogens is 1. The molecule has 1 aliphatic carbocycles. The minimum Gasteiger partial charge on any atom is -0.465 e. The topological polar surface area (TPSA) is 92.1 Å². The SMILES string of the molecule is COC(=O)c1ccccc1NC(=O)CCSc1nc2c(cc1C#N)CCCC2. The highest BCUT2D eigenvalue weighted by Crippen LogP contribution is 2.27. The maximum Gasteiger partial charge on any atom is 0.339 e. The van der Waals surface area contributed by atoms with E-state index in [0.29, 0.717) is 27.6 Å². The number of aryl methyl sites for hydroxylation is 2. The molecule has 144 valence electrons. The van der Waals surface area contributed by atoms with Crippen LogP contribution in [0.3, 0.4) is 0 Å². The van der Waals surface area contributed by atoms with Gasteiger partial charge >= 0.3 is 5.97 Å². The summed E-state index contributed by atoms with van der Waals surface area (Å²) in [6.07, 6.45) is 4.42. The van der Waals surface area contributed by atoms with Crippen LogP contribution in [0.25, 0.3) is 0 Å². The molecular weight excluding hydrogens is 374 g/mol. The number of thioether (sulfide) groups is 1. The third kappa shape index (κ3) is 4.70. The van der Waals surface area contributed by atoms with Gasteiger partial charge in [0, 0.05) is 17.9 Å². The lowest BCUT2D eigenvalue weighted by Crippen LogP contribution is -2.15. The van der Waals surface area contributed by atoms with Crippen molar-refractivity contribution in [3.63, 3.8) is 0 Å². The van der Waals surface area contributed by atoms with Gasteiger partial charge in [-0.2, -0.15) is 5.26 Å². The molecule has 1 heterocycles. The average Bonchev–Trinajstić information content (AvgIpc) is 2.73. The summed E-state index contributed by atoms with van der Waals surface area (Å²) in [7, 11) is 1.30. The Bertz CT molecular complexity index is 937. The highest BCUT2D eigenvalue weighted by Gasteiger charge is 2.16. The number of amides is 1. The molecule has 1 aromatic carbocycles. The van der Waals surface area contributed by atoms with Gasteiger partial charge in [-0.25, -0.2) is 9.78 Å². The zero-order valence-electron chi connectivity index (χ0n) is 15.7. The van der Waals surface area contributed by atoms with E-state index in [9.17, 15) is 14.9 Å². The first-order valence-corrected chi connectivity index (χ1v) is 10.1. The number of pyridine rings is 1. The quantitative estimate of drug-likeness (QED) is 0.592. The molecule has 0 saturated heterocycles. The summed E-state index contributed by atoms with van der Waals surface area (Å²) in [6.45, 7) is 0. The summed E-state index contributed by atoms with van der Waals surface area (Å²) >= 11 is 1.41. The number of fused-ring (bicyclic) bond motifs is 1. The van der Waals surface area contributed by atoms with Crippen LogP contribution in [0.15, 0.2) is 35.4 Å². The predicted molar refractivity (Wildman–Crippen MR) is 107 cm³/mol. The Morgan fingerprint density at radius 2 is 2.07 bits per heavy atom. The molecule has 6 nitrogen and oxygen atoms in total. The first-order valence-electron chi connectivity index (χ1n) is 9.15. The van der Waals surface area contributed by atoms with Crippen LogP contribution in [0.2, 0.25) is 0 Å². The van der Waals surface area contributed by atoms with E-state index in [1.807, 2.05) is 6.07 Å². The first-order chi connectivity index (χ1) is 13.6. The molecule has 1 aliphatic rings. The van der Waals surface area contributed by atoms with E-state index in [2.05, 4.69) is 16.4 Å². The van der Waals surface area contributed by atoms with Crippen molar-refractivity contribution in [2.75, 3.05) is 18.2 Å². The monoisotopic (exact) mass is 395 g/mol. The lowest BCUT2D eigenvalue weighted by atomic mass is 9.95. The van der Waals surface area contributed by atoms with Crippen molar-refractivity contribution in [3.05, 3.63) is 52.7 Å². The lowest BCUT2D eigenvalue weighted by Gasteiger charge is -2.16. The van der Waals surface area contributed by atoms with Crippen molar-refractivity contribution in [1.82, 2.24) is 4.98 Å². The third-order valence-electron chi connectivity index (χ3n) is 4.56. The fourth-order valence-electron chi connectivity index (χ4n) is 3.14. The largest absolute Gasteiger partial charge is 0.465 e. The molecule has 0 spiro atoms. The molecule has 28 heavy (non-hydrogen) atoms. The number of anilines is 1. The standard InChI is InChI=1S/C21H21N3O3S/c1-27-21(26)16-7-3-5-9-18(16)23-19(25)10-11-28-20-15(13-22)12-14-6-2-4-8-17(14)24-20/h3,5,7,9,12H,2,4,6,8,10-11H2,1H3,(H,23,25). The second-order valence-corrected chi connectivity index (χ2v) is 7.53. The summed E-state index contributed by atoms with van der Waals surface area (Å²) in [5, 5.41) is 12.8. The molecule has 3 rings (SSSR count). The molecule has 0 atom stereocenters. The van der Waals surface area contributed by atoms with E-state index < -0.39 is 5.97 Å². The van der Waals surface area contributed by atoms with Crippen LogP contribution >= 0.6 is 11.8 Å². The number of carbonyl (C=O) groups excluding carboxylic acids is 2. The Morgan fingerprint density at radius 3 is 2.86 bits per heavy atom. The zero-order valence-corrected chi connectivity index (χ0v) is 16.5. The summed E-state index contributed by atoms with van der Waals surface area (Å²) in [5.41, 5.74) is 3.55. The number of hydrogen-bond acceptors (Lipinski definition) is 6. The normalized spacial score (nSPS) is 12.6. The molecule has 0 bridgehead atoms. The molecular formula is C21H21N3O3S. The molecule has 0 unspecified atom stereocenters. The molecule has 0 radical (unpaired) electrons. The Hall–Kier alpha value is -2.85. The average molecular weight is 395 g/mol. The van der Waals surface area contributed by atoms with Gasteiger partial charge in [-0.1, -0.05) is 12.1 Å². The van der Waals surface area contributed by atoms with Crippen molar-refractivity contribution >= 4 is 29.3 Å². The van der Waals surface area contributed by atoms with E-state index >= 15 is 0 Å². The number of esters is 1. The van der Waals surface area contributed by atoms with E-state index in [-0.39, 0.29) is 12.3 Å². The van der Waals surface area contributed by atoms with Gasteiger partial charge in [0.15, 0.2) is 0 Å². The highest BCUT2D eigenvalue weighted by molar-refractivity contribution is 7.99. The van der Waals surface area contributed by atoms with E-state index in [4.69, 9.17) is 4.74 Å². The molecule has 7 heteroatoms. The molecule has 1 N–H and O–H groups in total. The second kappa shape index (κ2) is 9.38. The number of benzene rings is 1. The number of rotatable bonds is 6. The van der Waals surface area contributed by atoms with Gasteiger partial charge in [0.05, 0.1) is 23.9 Å². The van der Waals surface area contributed by atoms with E-state index in [1.54, 1.807) is 24.3 Å². The van der Waals surface area contributed by atoms with Gasteiger partial charge in [-0.15, -0.1) is 11.8 Å². The van der Waals surface area contributed by atoms with Gasteiger partial charge in [0.1, 0.15) is 11.1 Å². The Kier molecular flexibility index (Phi) is 6.66. The van der Waals surface area contributed by atoms with Crippen molar-refractivity contribution in [2.24, 2.45) is 0 Å². The Labute approximate surface area is 168 Å². The van der Waals surface area contributed by atoms with Crippen LogP contribution < -0.4 is 5.32 Å². The summed E-state index contributed by atoms with van der Waals surface area (Å²) < 4.78 is 4.74.